The molecule has 0 aromatic heterocycles. The monoisotopic (exact) mass is 502 g/mol. The number of carbonyl (C=O) groups is 3. The van der Waals surface area contributed by atoms with Gasteiger partial charge in [-0.15, -0.1) is 0 Å². The Kier molecular flexibility index (Phi) is 7.07. The Bertz CT molecular complexity index is 1140. The molecule has 2 aliphatic rings. The average Bonchev–Trinajstić information content (AvgIpc) is 3.05. The van der Waals surface area contributed by atoms with Crippen molar-refractivity contribution in [2.75, 3.05) is 0 Å². The standard InChI is InChI=1S/C25H20Cl2O7/c26-17-7-1-15(2-8-17)5-11-21(28)32-19-13-25(31)14-20(33-24(25)30)23(19)34-22(29)12-6-16-3-9-18(27)10-4-16/h1-12,19-20,23,31H,13-14H2/b11-5+,12-6+. The van der Waals surface area contributed by atoms with E-state index in [2.05, 4.69) is 0 Å². The van der Waals surface area contributed by atoms with Gasteiger partial charge < -0.3 is 19.3 Å². The van der Waals surface area contributed by atoms with Crippen molar-refractivity contribution >= 4 is 53.3 Å². The molecule has 2 aromatic carbocycles. The lowest BCUT2D eigenvalue weighted by Crippen LogP contribution is -2.51. The number of benzene rings is 2. The molecule has 1 heterocycles. The summed E-state index contributed by atoms with van der Waals surface area (Å²) in [4.78, 5) is 37.0. The van der Waals surface area contributed by atoms with Crippen LogP contribution in [-0.4, -0.2) is 46.9 Å². The van der Waals surface area contributed by atoms with E-state index in [1.54, 1.807) is 48.5 Å². The first-order valence-electron chi connectivity index (χ1n) is 10.4. The maximum absolute atomic E-state index is 12.5. The van der Waals surface area contributed by atoms with Crippen LogP contribution >= 0.6 is 23.2 Å². The SMILES string of the molecule is O=C(/C=C/c1ccc(Cl)cc1)OC1CC2(O)CC(OC2=O)C1OC(=O)/C=C/c1ccc(Cl)cc1. The van der Waals surface area contributed by atoms with Crippen LogP contribution in [0, 0.1) is 0 Å². The molecule has 1 saturated carbocycles. The summed E-state index contributed by atoms with van der Waals surface area (Å²) >= 11 is 11.7. The van der Waals surface area contributed by atoms with Gasteiger partial charge >= 0.3 is 17.9 Å². The minimum atomic E-state index is -1.79. The van der Waals surface area contributed by atoms with E-state index < -0.39 is 41.8 Å². The van der Waals surface area contributed by atoms with E-state index in [4.69, 9.17) is 37.4 Å². The summed E-state index contributed by atoms with van der Waals surface area (Å²) in [6, 6.07) is 13.6. The molecule has 176 valence electrons. The number of rotatable bonds is 6. The second kappa shape index (κ2) is 10.0. The lowest BCUT2D eigenvalue weighted by atomic mass is 9.82. The van der Waals surface area contributed by atoms with E-state index in [0.29, 0.717) is 10.0 Å². The average molecular weight is 503 g/mol. The molecule has 34 heavy (non-hydrogen) atoms. The summed E-state index contributed by atoms with van der Waals surface area (Å²) in [6.07, 6.45) is 2.09. The quantitative estimate of drug-likeness (QED) is 0.362. The summed E-state index contributed by atoms with van der Waals surface area (Å²) in [7, 11) is 0. The fourth-order valence-corrected chi connectivity index (χ4v) is 4.09. The van der Waals surface area contributed by atoms with Crippen LogP contribution in [0.5, 0.6) is 0 Å². The highest BCUT2D eigenvalue weighted by Gasteiger charge is 2.60. The molecule has 9 heteroatoms. The topological polar surface area (TPSA) is 99.1 Å². The van der Waals surface area contributed by atoms with E-state index in [9.17, 15) is 19.5 Å². The molecule has 2 fully saturated rings. The lowest BCUT2D eigenvalue weighted by Gasteiger charge is -2.35. The second-order valence-electron chi connectivity index (χ2n) is 8.03. The normalized spacial score (nSPS) is 26.0. The fourth-order valence-electron chi connectivity index (χ4n) is 3.84. The molecule has 4 unspecified atom stereocenters. The zero-order valence-corrected chi connectivity index (χ0v) is 19.2. The number of aliphatic hydroxyl groups is 1. The maximum Gasteiger partial charge on any atom is 0.338 e. The Morgan fingerprint density at radius 2 is 1.38 bits per heavy atom. The van der Waals surface area contributed by atoms with Gasteiger partial charge in [-0.05, 0) is 47.5 Å². The summed E-state index contributed by atoms with van der Waals surface area (Å²) in [6.45, 7) is 0. The molecule has 0 amide bonds. The number of hydrogen-bond acceptors (Lipinski definition) is 7. The van der Waals surface area contributed by atoms with Gasteiger partial charge in [0.2, 0.25) is 0 Å². The molecular formula is C25H20Cl2O7. The molecule has 7 nitrogen and oxygen atoms in total. The van der Waals surface area contributed by atoms with Crippen LogP contribution in [0.1, 0.15) is 24.0 Å². The van der Waals surface area contributed by atoms with Crippen LogP contribution < -0.4 is 0 Å². The highest BCUT2D eigenvalue weighted by atomic mass is 35.5. The highest BCUT2D eigenvalue weighted by molar-refractivity contribution is 6.30. The summed E-state index contributed by atoms with van der Waals surface area (Å²) < 4.78 is 16.2. The van der Waals surface area contributed by atoms with Crippen molar-refractivity contribution in [3.05, 3.63) is 81.9 Å². The maximum atomic E-state index is 12.5. The van der Waals surface area contributed by atoms with Gasteiger partial charge in [0.25, 0.3) is 0 Å². The molecule has 2 bridgehead atoms. The van der Waals surface area contributed by atoms with Crippen LogP contribution in [0.25, 0.3) is 12.2 Å². The minimum absolute atomic E-state index is 0.0562. The van der Waals surface area contributed by atoms with E-state index in [-0.39, 0.29) is 12.8 Å². The molecule has 0 spiro atoms. The van der Waals surface area contributed by atoms with E-state index >= 15 is 0 Å². The van der Waals surface area contributed by atoms with Gasteiger partial charge in [0, 0.05) is 35.0 Å². The Balaban J connectivity index is 1.45. The first-order chi connectivity index (χ1) is 16.2. The molecule has 0 radical (unpaired) electrons. The Hall–Kier alpha value is -3.13. The first kappa shape index (κ1) is 24.0. The number of fused-ring (bicyclic) bond motifs is 2. The highest BCUT2D eigenvalue weighted by Crippen LogP contribution is 2.40. The molecule has 2 aromatic rings. The van der Waals surface area contributed by atoms with Crippen molar-refractivity contribution in [2.24, 2.45) is 0 Å². The predicted molar refractivity (Wildman–Crippen MR) is 125 cm³/mol. The zero-order valence-electron chi connectivity index (χ0n) is 17.7. The Morgan fingerprint density at radius 1 is 0.882 bits per heavy atom. The van der Waals surface area contributed by atoms with Crippen molar-refractivity contribution in [3.8, 4) is 0 Å². The molecule has 1 saturated heterocycles. The van der Waals surface area contributed by atoms with Gasteiger partial charge in [0.15, 0.2) is 11.7 Å². The predicted octanol–water partition coefficient (Wildman–Crippen LogP) is 3.99. The third kappa shape index (κ3) is 5.67. The number of hydrogen-bond donors (Lipinski definition) is 1. The van der Waals surface area contributed by atoms with Crippen LogP contribution in [-0.2, 0) is 28.6 Å². The number of esters is 3. The molecule has 4 rings (SSSR count). The van der Waals surface area contributed by atoms with Gasteiger partial charge in [0.1, 0.15) is 12.2 Å². The number of halogens is 2. The zero-order chi connectivity index (χ0) is 24.3. The Morgan fingerprint density at radius 3 is 1.91 bits per heavy atom. The van der Waals surface area contributed by atoms with Crippen molar-refractivity contribution in [2.45, 2.75) is 36.8 Å². The van der Waals surface area contributed by atoms with Crippen LogP contribution in [0.15, 0.2) is 60.7 Å². The van der Waals surface area contributed by atoms with Crippen molar-refractivity contribution in [3.63, 3.8) is 0 Å². The molecule has 4 atom stereocenters. The van der Waals surface area contributed by atoms with Gasteiger partial charge in [-0.2, -0.15) is 0 Å². The van der Waals surface area contributed by atoms with E-state index in [0.717, 1.165) is 11.1 Å². The fraction of sp³-hybridized carbons (Fsp3) is 0.240. The van der Waals surface area contributed by atoms with Gasteiger partial charge in [-0.1, -0.05) is 47.5 Å². The van der Waals surface area contributed by atoms with Gasteiger partial charge in [-0.25, -0.2) is 14.4 Å². The van der Waals surface area contributed by atoms with Crippen LogP contribution in [0.2, 0.25) is 10.0 Å². The molecule has 1 N–H and O–H groups in total. The van der Waals surface area contributed by atoms with Crippen LogP contribution in [0.4, 0.5) is 0 Å². The third-order valence-corrected chi connectivity index (χ3v) is 6.04. The van der Waals surface area contributed by atoms with Gasteiger partial charge in [0.05, 0.1) is 0 Å². The second-order valence-corrected chi connectivity index (χ2v) is 8.90. The van der Waals surface area contributed by atoms with Crippen molar-refractivity contribution in [1.82, 2.24) is 0 Å². The number of carbonyl (C=O) groups excluding carboxylic acids is 3. The third-order valence-electron chi connectivity index (χ3n) is 5.53. The van der Waals surface area contributed by atoms with Crippen LogP contribution in [0.3, 0.4) is 0 Å². The summed E-state index contributed by atoms with van der Waals surface area (Å²) in [5.41, 5.74) is -0.350. The molecule has 1 aliphatic heterocycles. The van der Waals surface area contributed by atoms with E-state index in [1.165, 1.54) is 24.3 Å². The summed E-state index contributed by atoms with van der Waals surface area (Å²) in [5, 5.41) is 11.7. The largest absolute Gasteiger partial charge is 0.456 e. The van der Waals surface area contributed by atoms with E-state index in [1.807, 2.05) is 0 Å². The first-order valence-corrected chi connectivity index (χ1v) is 11.2. The van der Waals surface area contributed by atoms with Crippen molar-refractivity contribution in [1.29, 1.82) is 0 Å². The smallest absolute Gasteiger partial charge is 0.338 e. The minimum Gasteiger partial charge on any atom is -0.456 e. The van der Waals surface area contributed by atoms with Crippen molar-refractivity contribution < 1.29 is 33.7 Å². The molecular weight excluding hydrogens is 483 g/mol. The number of ether oxygens (including phenoxy) is 3. The van der Waals surface area contributed by atoms with Gasteiger partial charge in [-0.3, -0.25) is 0 Å². The Labute approximate surface area is 205 Å². The lowest BCUT2D eigenvalue weighted by molar-refractivity contribution is -0.178. The summed E-state index contributed by atoms with van der Waals surface area (Å²) in [5.74, 6) is -2.27. The molecule has 1 aliphatic carbocycles.